The number of carbonyl (C=O) groups excluding carboxylic acids is 2. The van der Waals surface area contributed by atoms with Crippen LogP contribution in [-0.4, -0.2) is 32.2 Å². The number of anilines is 1. The van der Waals surface area contributed by atoms with Gasteiger partial charge < -0.3 is 9.47 Å². The standard InChI is InChI=1S/C25H22N2O4/c1-16-8-10-17(11-9-16)26-15-21-19-13-12-18(30-2)14-20(19)24(28)27(25(21)29)22-6-4-5-7-23(22)31-3/h4-15,21H,1-3H3. The van der Waals surface area contributed by atoms with Gasteiger partial charge in [0.15, 0.2) is 0 Å². The number of hydrogen-bond donors (Lipinski definition) is 0. The molecule has 1 atom stereocenters. The van der Waals surface area contributed by atoms with Crippen molar-refractivity contribution in [2.24, 2.45) is 4.99 Å². The number of ether oxygens (including phenoxy) is 2. The third-order valence-electron chi connectivity index (χ3n) is 5.25. The normalized spacial score (nSPS) is 15.8. The summed E-state index contributed by atoms with van der Waals surface area (Å²) >= 11 is 0. The van der Waals surface area contributed by atoms with Gasteiger partial charge in [-0.25, -0.2) is 4.90 Å². The lowest BCUT2D eigenvalue weighted by molar-refractivity contribution is -0.118. The molecule has 156 valence electrons. The first-order valence-corrected chi connectivity index (χ1v) is 9.83. The molecule has 0 aliphatic carbocycles. The Bertz CT molecular complexity index is 1170. The second-order valence-corrected chi connectivity index (χ2v) is 7.20. The zero-order valence-electron chi connectivity index (χ0n) is 17.5. The maximum atomic E-state index is 13.5. The van der Waals surface area contributed by atoms with Gasteiger partial charge >= 0.3 is 0 Å². The average Bonchev–Trinajstić information content (AvgIpc) is 2.80. The van der Waals surface area contributed by atoms with E-state index in [0.29, 0.717) is 28.3 Å². The van der Waals surface area contributed by atoms with Crippen LogP contribution in [0.2, 0.25) is 0 Å². The van der Waals surface area contributed by atoms with Gasteiger partial charge in [0.2, 0.25) is 5.91 Å². The first-order valence-electron chi connectivity index (χ1n) is 9.83. The molecule has 6 heteroatoms. The molecule has 0 spiro atoms. The number of rotatable bonds is 5. The number of amides is 2. The minimum atomic E-state index is -0.732. The smallest absolute Gasteiger partial charge is 0.265 e. The molecule has 0 aromatic heterocycles. The number of methoxy groups -OCH3 is 2. The van der Waals surface area contributed by atoms with Crippen molar-refractivity contribution in [1.29, 1.82) is 0 Å². The fourth-order valence-corrected chi connectivity index (χ4v) is 3.59. The molecule has 0 radical (unpaired) electrons. The summed E-state index contributed by atoms with van der Waals surface area (Å²) in [5, 5.41) is 0. The van der Waals surface area contributed by atoms with Crippen molar-refractivity contribution in [3.63, 3.8) is 0 Å². The summed E-state index contributed by atoms with van der Waals surface area (Å²) in [6.07, 6.45) is 1.59. The highest BCUT2D eigenvalue weighted by molar-refractivity contribution is 6.29. The number of nitrogens with zero attached hydrogens (tertiary/aromatic N) is 2. The molecular weight excluding hydrogens is 392 g/mol. The predicted octanol–water partition coefficient (Wildman–Crippen LogP) is 4.69. The molecule has 3 aromatic rings. The highest BCUT2D eigenvalue weighted by Crippen LogP contribution is 2.37. The van der Waals surface area contributed by atoms with Crippen molar-refractivity contribution in [3.05, 3.63) is 83.4 Å². The molecule has 1 heterocycles. The Balaban J connectivity index is 1.83. The quantitative estimate of drug-likeness (QED) is 0.449. The van der Waals surface area contributed by atoms with Crippen LogP contribution in [0.4, 0.5) is 11.4 Å². The second-order valence-electron chi connectivity index (χ2n) is 7.20. The summed E-state index contributed by atoms with van der Waals surface area (Å²) in [6, 6.07) is 19.8. The lowest BCUT2D eigenvalue weighted by Crippen LogP contribution is -2.45. The van der Waals surface area contributed by atoms with Crippen LogP contribution >= 0.6 is 0 Å². The van der Waals surface area contributed by atoms with E-state index in [1.54, 1.807) is 48.7 Å². The van der Waals surface area contributed by atoms with Gasteiger partial charge in [-0.05, 0) is 48.9 Å². The van der Waals surface area contributed by atoms with Crippen molar-refractivity contribution in [2.45, 2.75) is 12.8 Å². The maximum absolute atomic E-state index is 13.5. The van der Waals surface area contributed by atoms with Crippen LogP contribution in [0.3, 0.4) is 0 Å². The van der Waals surface area contributed by atoms with Gasteiger partial charge in [-0.15, -0.1) is 0 Å². The number of benzene rings is 3. The first-order chi connectivity index (χ1) is 15.0. The molecule has 4 rings (SSSR count). The lowest BCUT2D eigenvalue weighted by Gasteiger charge is -2.31. The molecule has 31 heavy (non-hydrogen) atoms. The summed E-state index contributed by atoms with van der Waals surface area (Å²) < 4.78 is 10.7. The van der Waals surface area contributed by atoms with E-state index in [1.165, 1.54) is 14.2 Å². The van der Waals surface area contributed by atoms with E-state index in [9.17, 15) is 9.59 Å². The molecule has 6 nitrogen and oxygen atoms in total. The number of aryl methyl sites for hydroxylation is 1. The fourth-order valence-electron chi connectivity index (χ4n) is 3.59. The minimum absolute atomic E-state index is 0.386. The number of fused-ring (bicyclic) bond motifs is 1. The number of carbonyl (C=O) groups is 2. The van der Waals surface area contributed by atoms with Crippen molar-refractivity contribution in [2.75, 3.05) is 19.1 Å². The highest BCUT2D eigenvalue weighted by Gasteiger charge is 2.40. The van der Waals surface area contributed by atoms with Crippen LogP contribution in [-0.2, 0) is 4.79 Å². The summed E-state index contributed by atoms with van der Waals surface area (Å²) in [5.41, 5.74) is 3.23. The van der Waals surface area contributed by atoms with Gasteiger partial charge in [0.05, 0.1) is 25.6 Å². The number of hydrogen-bond acceptors (Lipinski definition) is 5. The molecule has 0 saturated carbocycles. The molecule has 1 unspecified atom stereocenters. The average molecular weight is 414 g/mol. The van der Waals surface area contributed by atoms with Crippen molar-refractivity contribution < 1.29 is 19.1 Å². The lowest BCUT2D eigenvalue weighted by atomic mass is 9.88. The van der Waals surface area contributed by atoms with Crippen LogP contribution in [0.25, 0.3) is 0 Å². The highest BCUT2D eigenvalue weighted by atomic mass is 16.5. The van der Waals surface area contributed by atoms with E-state index in [2.05, 4.69) is 4.99 Å². The zero-order chi connectivity index (χ0) is 22.0. The van der Waals surface area contributed by atoms with Crippen molar-refractivity contribution in [3.8, 4) is 11.5 Å². The summed E-state index contributed by atoms with van der Waals surface area (Å²) in [7, 11) is 3.04. The van der Waals surface area contributed by atoms with E-state index in [-0.39, 0.29) is 5.91 Å². The maximum Gasteiger partial charge on any atom is 0.265 e. The Hall–Kier alpha value is -3.93. The molecule has 0 fully saturated rings. The van der Waals surface area contributed by atoms with Gasteiger partial charge in [-0.2, -0.15) is 0 Å². The monoisotopic (exact) mass is 414 g/mol. The summed E-state index contributed by atoms with van der Waals surface area (Å²) in [4.78, 5) is 32.6. The van der Waals surface area contributed by atoms with Gasteiger partial charge in [0, 0.05) is 11.8 Å². The van der Waals surface area contributed by atoms with Crippen molar-refractivity contribution >= 4 is 29.4 Å². The Kier molecular flexibility index (Phi) is 5.54. The van der Waals surface area contributed by atoms with Crippen LogP contribution in [0.1, 0.15) is 27.4 Å². The molecule has 0 bridgehead atoms. The minimum Gasteiger partial charge on any atom is -0.497 e. The topological polar surface area (TPSA) is 68.2 Å². The summed E-state index contributed by atoms with van der Waals surface area (Å²) in [5.74, 6) is -0.573. The Morgan fingerprint density at radius 3 is 2.39 bits per heavy atom. The van der Waals surface area contributed by atoms with E-state index in [0.717, 1.165) is 16.2 Å². The van der Waals surface area contributed by atoms with Crippen molar-refractivity contribution in [1.82, 2.24) is 0 Å². The van der Waals surface area contributed by atoms with E-state index < -0.39 is 11.8 Å². The molecule has 2 amide bonds. The third kappa shape index (κ3) is 3.80. The number of imide groups is 1. The molecular formula is C25H22N2O4. The first kappa shape index (κ1) is 20.3. The molecule has 0 saturated heterocycles. The molecule has 0 N–H and O–H groups in total. The van der Waals surface area contributed by atoms with Crippen LogP contribution in [0.5, 0.6) is 11.5 Å². The Labute approximate surface area is 180 Å². The predicted molar refractivity (Wildman–Crippen MR) is 120 cm³/mol. The van der Waals surface area contributed by atoms with E-state index in [1.807, 2.05) is 31.2 Å². The second kappa shape index (κ2) is 8.44. The fraction of sp³-hybridized carbons (Fsp3) is 0.160. The SMILES string of the molecule is COc1ccc2c(c1)C(=O)N(c1ccccc1OC)C(=O)C2C=Nc1ccc(C)cc1. The van der Waals surface area contributed by atoms with Crippen LogP contribution in [0.15, 0.2) is 71.7 Å². The Morgan fingerprint density at radius 2 is 1.68 bits per heavy atom. The molecule has 3 aromatic carbocycles. The van der Waals surface area contributed by atoms with E-state index >= 15 is 0 Å². The zero-order valence-corrected chi connectivity index (χ0v) is 17.5. The summed E-state index contributed by atoms with van der Waals surface area (Å²) in [6.45, 7) is 2.00. The van der Waals surface area contributed by atoms with Gasteiger partial charge in [0.1, 0.15) is 17.4 Å². The Morgan fingerprint density at radius 1 is 0.935 bits per heavy atom. The number of para-hydroxylation sites is 2. The van der Waals surface area contributed by atoms with E-state index in [4.69, 9.17) is 9.47 Å². The third-order valence-corrected chi connectivity index (χ3v) is 5.25. The van der Waals surface area contributed by atoms with Gasteiger partial charge in [-0.1, -0.05) is 35.9 Å². The largest absolute Gasteiger partial charge is 0.497 e. The van der Waals surface area contributed by atoms with Gasteiger partial charge in [0.25, 0.3) is 5.91 Å². The van der Waals surface area contributed by atoms with Crippen LogP contribution < -0.4 is 14.4 Å². The molecule has 1 aliphatic rings. The van der Waals surface area contributed by atoms with Crippen LogP contribution in [0, 0.1) is 6.92 Å². The van der Waals surface area contributed by atoms with Gasteiger partial charge in [-0.3, -0.25) is 14.6 Å². The molecule has 1 aliphatic heterocycles. The number of aliphatic imine (C=N–C) groups is 1.